The third-order valence-corrected chi connectivity index (χ3v) is 5.80. The molecule has 2 N–H and O–H groups in total. The second-order valence-electron chi connectivity index (χ2n) is 8.65. The van der Waals surface area contributed by atoms with Crippen LogP contribution in [0.15, 0.2) is 24.4 Å². The second-order valence-corrected chi connectivity index (χ2v) is 8.65. The van der Waals surface area contributed by atoms with Gasteiger partial charge in [-0.1, -0.05) is 25.8 Å². The number of Topliss-reactive ketones (excluding diaryl/α,β-unsaturated/α-hetero) is 1. The zero-order valence-electron chi connectivity index (χ0n) is 17.3. The van der Waals surface area contributed by atoms with E-state index in [9.17, 15) is 19.1 Å². The number of ketones is 1. The van der Waals surface area contributed by atoms with E-state index in [0.717, 1.165) is 25.7 Å². The van der Waals surface area contributed by atoms with Crippen LogP contribution in [0.5, 0.6) is 0 Å². The Kier molecular flexibility index (Phi) is 5.78. The maximum Gasteiger partial charge on any atom is 0.341 e. The monoisotopic (exact) mass is 401 g/mol. The molecule has 0 atom stereocenters. The van der Waals surface area contributed by atoms with Crippen LogP contribution in [-0.4, -0.2) is 32.2 Å². The first kappa shape index (κ1) is 21.0. The van der Waals surface area contributed by atoms with Crippen LogP contribution >= 0.6 is 0 Å². The molecule has 1 aromatic carbocycles. The number of rotatable bonds is 6. The van der Waals surface area contributed by atoms with Gasteiger partial charge in [-0.2, -0.15) is 0 Å². The summed E-state index contributed by atoms with van der Waals surface area (Å²) in [5.74, 6) is -0.792. The molecule has 29 heavy (non-hydrogen) atoms. The van der Waals surface area contributed by atoms with Gasteiger partial charge in [-0.3, -0.25) is 4.79 Å². The molecule has 0 amide bonds. The van der Waals surface area contributed by atoms with Gasteiger partial charge in [-0.25, -0.2) is 13.9 Å². The van der Waals surface area contributed by atoms with Crippen LogP contribution in [0.3, 0.4) is 0 Å². The number of aromatic nitrogens is 2. The zero-order valence-corrected chi connectivity index (χ0v) is 17.3. The van der Waals surface area contributed by atoms with Gasteiger partial charge in [0.15, 0.2) is 11.6 Å². The first-order chi connectivity index (χ1) is 13.6. The first-order valence-corrected chi connectivity index (χ1v) is 10.0. The molecule has 0 radical (unpaired) electrons. The van der Waals surface area contributed by atoms with Crippen LogP contribution < -0.4 is 5.32 Å². The van der Waals surface area contributed by atoms with Crippen LogP contribution in [-0.2, 0) is 4.79 Å². The highest BCUT2D eigenvalue weighted by molar-refractivity contribution is 5.96. The maximum absolute atomic E-state index is 13.9. The second kappa shape index (κ2) is 7.97. The van der Waals surface area contributed by atoms with Crippen LogP contribution in [0.1, 0.15) is 62.4 Å². The minimum atomic E-state index is -1.17. The summed E-state index contributed by atoms with van der Waals surface area (Å²) < 4.78 is 15.2. The van der Waals surface area contributed by atoms with Gasteiger partial charge in [0.2, 0.25) is 0 Å². The number of benzene rings is 1. The Bertz CT molecular complexity index is 927. The van der Waals surface area contributed by atoms with Crippen LogP contribution in [0.4, 0.5) is 10.2 Å². The lowest BCUT2D eigenvalue weighted by atomic mass is 9.76. The van der Waals surface area contributed by atoms with Crippen molar-refractivity contribution < 1.29 is 19.1 Å². The summed E-state index contributed by atoms with van der Waals surface area (Å²) >= 11 is 0. The van der Waals surface area contributed by atoms with Gasteiger partial charge >= 0.3 is 5.97 Å². The Hall–Kier alpha value is -2.70. The fraction of sp³-hybridized carbons (Fsp3) is 0.500. The molecular formula is C22H28FN3O3. The fourth-order valence-electron chi connectivity index (χ4n) is 3.87. The standard InChI is InChI=1S/C22H28FN3O3/c1-13-5-8-15(9-6-13)19(27)22(3,4)24-20-17(21(28)29)12-26(25-20)16-10-7-14(2)18(23)11-16/h7,10-13,15H,5-6,8-9H2,1-4H3,(H,24,25)(H,28,29). The van der Waals surface area contributed by atoms with Gasteiger partial charge in [0, 0.05) is 12.1 Å². The predicted octanol–water partition coefficient (Wildman–Crippen LogP) is 4.60. The van der Waals surface area contributed by atoms with E-state index in [1.54, 1.807) is 32.9 Å². The zero-order chi connectivity index (χ0) is 21.3. The SMILES string of the molecule is Cc1ccc(-n2cc(C(=O)O)c(NC(C)(C)C(=O)C3CCC(C)CC3)n2)cc1F. The first-order valence-electron chi connectivity index (χ1n) is 10.0. The molecule has 0 unspecified atom stereocenters. The largest absolute Gasteiger partial charge is 0.477 e. The van der Waals surface area contributed by atoms with Crippen molar-refractivity contribution in [3.8, 4) is 5.69 Å². The van der Waals surface area contributed by atoms with Crippen molar-refractivity contribution in [1.82, 2.24) is 9.78 Å². The number of carbonyl (C=O) groups is 2. The van der Waals surface area contributed by atoms with Crippen LogP contribution in [0.25, 0.3) is 5.69 Å². The summed E-state index contributed by atoms with van der Waals surface area (Å²) in [5, 5.41) is 16.9. The lowest BCUT2D eigenvalue weighted by molar-refractivity contribution is -0.127. The minimum absolute atomic E-state index is 0.0322. The van der Waals surface area contributed by atoms with Gasteiger partial charge in [-0.15, -0.1) is 5.10 Å². The Morgan fingerprint density at radius 3 is 2.48 bits per heavy atom. The molecule has 0 saturated heterocycles. The number of anilines is 1. The lowest BCUT2D eigenvalue weighted by Crippen LogP contribution is -2.45. The fourth-order valence-corrected chi connectivity index (χ4v) is 3.87. The van der Waals surface area contributed by atoms with E-state index in [-0.39, 0.29) is 23.1 Å². The molecule has 2 aromatic rings. The number of nitrogens with zero attached hydrogens (tertiary/aromatic N) is 2. The lowest BCUT2D eigenvalue weighted by Gasteiger charge is -2.33. The molecular weight excluding hydrogens is 373 g/mol. The normalized spacial score (nSPS) is 19.8. The van der Waals surface area contributed by atoms with E-state index in [0.29, 0.717) is 17.2 Å². The number of hydrogen-bond donors (Lipinski definition) is 2. The Labute approximate surface area is 170 Å². The topological polar surface area (TPSA) is 84.2 Å². The smallest absolute Gasteiger partial charge is 0.341 e. The molecule has 7 heteroatoms. The third kappa shape index (κ3) is 4.49. The molecule has 156 valence electrons. The number of aryl methyl sites for hydroxylation is 1. The maximum atomic E-state index is 13.9. The molecule has 0 spiro atoms. The molecule has 6 nitrogen and oxygen atoms in total. The molecule has 0 aliphatic heterocycles. The number of carboxylic acids is 1. The molecule has 1 aliphatic rings. The van der Waals surface area contributed by atoms with Gasteiger partial charge in [0.25, 0.3) is 0 Å². The molecule has 1 heterocycles. The van der Waals surface area contributed by atoms with E-state index < -0.39 is 17.3 Å². The van der Waals surface area contributed by atoms with Crippen molar-refractivity contribution in [3.63, 3.8) is 0 Å². The summed E-state index contributed by atoms with van der Waals surface area (Å²) in [7, 11) is 0. The van der Waals surface area contributed by atoms with Crippen LogP contribution in [0.2, 0.25) is 0 Å². The minimum Gasteiger partial charge on any atom is -0.477 e. The summed E-state index contributed by atoms with van der Waals surface area (Å²) in [4.78, 5) is 24.8. The summed E-state index contributed by atoms with van der Waals surface area (Å²) in [6.07, 6.45) is 5.10. The Balaban J connectivity index is 1.87. The highest BCUT2D eigenvalue weighted by atomic mass is 19.1. The Morgan fingerprint density at radius 2 is 1.90 bits per heavy atom. The Morgan fingerprint density at radius 1 is 1.24 bits per heavy atom. The highest BCUT2D eigenvalue weighted by Gasteiger charge is 2.36. The number of aromatic carboxylic acids is 1. The average molecular weight is 401 g/mol. The quantitative estimate of drug-likeness (QED) is 0.739. The van der Waals surface area contributed by atoms with E-state index in [1.807, 2.05) is 0 Å². The van der Waals surface area contributed by atoms with E-state index in [4.69, 9.17) is 0 Å². The molecule has 1 aliphatic carbocycles. The number of halogens is 1. The van der Waals surface area contributed by atoms with Gasteiger partial charge in [0.1, 0.15) is 11.4 Å². The summed E-state index contributed by atoms with van der Waals surface area (Å²) in [5.41, 5.74) is -0.128. The van der Waals surface area contributed by atoms with Gasteiger partial charge in [-0.05, 0) is 57.2 Å². The van der Waals surface area contributed by atoms with Gasteiger partial charge < -0.3 is 10.4 Å². The molecule has 1 aromatic heterocycles. The van der Waals surface area contributed by atoms with Crippen molar-refractivity contribution >= 4 is 17.6 Å². The van der Waals surface area contributed by atoms with E-state index in [1.165, 1.54) is 16.9 Å². The van der Waals surface area contributed by atoms with Crippen molar-refractivity contribution in [2.45, 2.75) is 58.9 Å². The van der Waals surface area contributed by atoms with Gasteiger partial charge in [0.05, 0.1) is 11.2 Å². The number of carboxylic acid groups (broad SMARTS) is 1. The molecule has 0 bridgehead atoms. The molecule has 3 rings (SSSR count). The van der Waals surface area contributed by atoms with Crippen molar-refractivity contribution in [2.75, 3.05) is 5.32 Å². The third-order valence-electron chi connectivity index (χ3n) is 5.80. The summed E-state index contributed by atoms with van der Waals surface area (Å²) in [6, 6.07) is 4.58. The van der Waals surface area contributed by atoms with E-state index in [2.05, 4.69) is 17.3 Å². The van der Waals surface area contributed by atoms with Crippen LogP contribution in [0, 0.1) is 24.6 Å². The van der Waals surface area contributed by atoms with E-state index >= 15 is 0 Å². The van der Waals surface area contributed by atoms with Crippen molar-refractivity contribution in [1.29, 1.82) is 0 Å². The number of nitrogens with one attached hydrogen (secondary N) is 1. The number of carbonyl (C=O) groups excluding carboxylic acids is 1. The highest BCUT2D eigenvalue weighted by Crippen LogP contribution is 2.33. The predicted molar refractivity (Wildman–Crippen MR) is 109 cm³/mol. The molecule has 1 saturated carbocycles. The number of hydrogen-bond acceptors (Lipinski definition) is 4. The van der Waals surface area contributed by atoms with Crippen molar-refractivity contribution in [3.05, 3.63) is 41.3 Å². The average Bonchev–Trinajstić information content (AvgIpc) is 3.07. The molecule has 1 fully saturated rings. The summed E-state index contributed by atoms with van der Waals surface area (Å²) in [6.45, 7) is 7.36. The van der Waals surface area contributed by atoms with Crippen molar-refractivity contribution in [2.24, 2.45) is 11.8 Å².